The third-order valence-electron chi connectivity index (χ3n) is 11.5. The molecule has 1 aromatic carbocycles. The lowest BCUT2D eigenvalue weighted by Gasteiger charge is -2.66. The van der Waals surface area contributed by atoms with E-state index in [0.29, 0.717) is 36.2 Å². The molecule has 2 aliphatic heterocycles. The maximum atomic E-state index is 11.6. The van der Waals surface area contributed by atoms with E-state index in [9.17, 15) is 9.90 Å². The Morgan fingerprint density at radius 1 is 1.17 bits per heavy atom. The van der Waals surface area contributed by atoms with Crippen LogP contribution in [0.25, 0.3) is 0 Å². The van der Waals surface area contributed by atoms with Crippen molar-refractivity contribution in [3.8, 4) is 5.75 Å². The van der Waals surface area contributed by atoms with Gasteiger partial charge >= 0.3 is 13.1 Å². The van der Waals surface area contributed by atoms with E-state index in [0.717, 1.165) is 37.9 Å². The van der Waals surface area contributed by atoms with Crippen molar-refractivity contribution in [3.05, 3.63) is 29.8 Å². The maximum absolute atomic E-state index is 11.6. The number of benzene rings is 1. The molecular formula is C28H38BNO5. The topological polar surface area (TPSA) is 91.0 Å². The minimum Gasteiger partial charge on any atom is -0.493 e. The van der Waals surface area contributed by atoms with Crippen molar-refractivity contribution in [2.75, 3.05) is 6.61 Å². The fraction of sp³-hybridized carbons (Fsp3) is 0.750. The van der Waals surface area contributed by atoms with Crippen LogP contribution in [0, 0.1) is 40.9 Å². The van der Waals surface area contributed by atoms with E-state index < -0.39 is 5.97 Å². The summed E-state index contributed by atoms with van der Waals surface area (Å²) < 4.78 is 19.2. The second-order valence-electron chi connectivity index (χ2n) is 13.1. The van der Waals surface area contributed by atoms with E-state index in [4.69, 9.17) is 19.8 Å². The molecule has 1 saturated heterocycles. The average Bonchev–Trinajstić information content (AvgIpc) is 3.59. The van der Waals surface area contributed by atoms with E-state index >= 15 is 0 Å². The summed E-state index contributed by atoms with van der Waals surface area (Å²) in [6, 6.07) is 8.26. The number of nitrogens with two attached hydrogens (primary N) is 1. The van der Waals surface area contributed by atoms with Gasteiger partial charge in [0, 0.05) is 17.4 Å². The zero-order valence-corrected chi connectivity index (χ0v) is 20.9. The lowest BCUT2D eigenvalue weighted by atomic mass is 9.41. The molecule has 4 saturated carbocycles. The number of carboxylic acids is 1. The minimum atomic E-state index is -0.579. The summed E-state index contributed by atoms with van der Waals surface area (Å²) in [7, 11) is -0.361. The SMILES string of the molecule is CC1(CC2C[C@@H]3C[C@H]2C[C@H]3C(=O)O)[C@@H]2C[C@H]3OB([C@@H](N)C[C@@H]4COc5ccccc54)O[C@@]3(C)[C@H]1C2. The van der Waals surface area contributed by atoms with Gasteiger partial charge in [0.15, 0.2) is 0 Å². The molecule has 2 heterocycles. The lowest BCUT2D eigenvalue weighted by Crippen LogP contribution is -2.67. The van der Waals surface area contributed by atoms with Crippen LogP contribution in [0.15, 0.2) is 24.3 Å². The molecule has 2 unspecified atom stereocenters. The number of hydrogen-bond acceptors (Lipinski definition) is 5. The Kier molecular flexibility index (Phi) is 4.99. The number of fused-ring (bicyclic) bond motifs is 7. The third kappa shape index (κ3) is 3.23. The van der Waals surface area contributed by atoms with Gasteiger partial charge in [-0.15, -0.1) is 0 Å². The molecule has 0 amide bonds. The molecule has 188 valence electrons. The second-order valence-corrected chi connectivity index (χ2v) is 13.1. The highest BCUT2D eigenvalue weighted by Gasteiger charge is 2.70. The summed E-state index contributed by atoms with van der Waals surface area (Å²) in [6.45, 7) is 5.44. The van der Waals surface area contributed by atoms with Crippen LogP contribution in [0.3, 0.4) is 0 Å². The van der Waals surface area contributed by atoms with Crippen molar-refractivity contribution in [2.24, 2.45) is 46.7 Å². The fourth-order valence-corrected chi connectivity index (χ4v) is 9.58. The number of hydrogen-bond donors (Lipinski definition) is 2. The Balaban J connectivity index is 1.02. The molecule has 0 aromatic heterocycles. The first-order chi connectivity index (χ1) is 16.8. The highest BCUT2D eigenvalue weighted by atomic mass is 16.7. The number of rotatable bonds is 6. The predicted molar refractivity (Wildman–Crippen MR) is 132 cm³/mol. The van der Waals surface area contributed by atoms with Gasteiger partial charge in [-0.2, -0.15) is 0 Å². The molecule has 7 rings (SSSR count). The molecular weight excluding hydrogens is 441 g/mol. The normalized spacial score (nSPS) is 47.7. The lowest BCUT2D eigenvalue weighted by molar-refractivity contribution is -0.216. The van der Waals surface area contributed by atoms with E-state index in [-0.39, 0.29) is 42.0 Å². The minimum absolute atomic E-state index is 0.0992. The molecule has 7 heteroatoms. The van der Waals surface area contributed by atoms with Crippen LogP contribution in [-0.2, 0) is 14.1 Å². The molecule has 35 heavy (non-hydrogen) atoms. The van der Waals surface area contributed by atoms with Gasteiger partial charge in [0.25, 0.3) is 0 Å². The fourth-order valence-electron chi connectivity index (χ4n) is 9.58. The Morgan fingerprint density at radius 3 is 2.77 bits per heavy atom. The first kappa shape index (κ1) is 22.6. The van der Waals surface area contributed by atoms with Gasteiger partial charge < -0.3 is 24.9 Å². The van der Waals surface area contributed by atoms with Crippen LogP contribution in [0.2, 0.25) is 0 Å². The average molecular weight is 479 g/mol. The quantitative estimate of drug-likeness (QED) is 0.593. The van der Waals surface area contributed by atoms with Crippen molar-refractivity contribution in [3.63, 3.8) is 0 Å². The van der Waals surface area contributed by atoms with Gasteiger partial charge in [0.1, 0.15) is 5.75 Å². The molecule has 4 bridgehead atoms. The molecule has 6 nitrogen and oxygen atoms in total. The standard InChI is InChI=1S/C28H38BNO5/c1-27(13-17-8-16-7-15(17)9-21(16)26(31)32)19-11-23(27)28(2)24(12-19)34-29(35-28)25(30)10-18-14-33-22-6-4-3-5-20(18)22/h3-6,15-19,21,23-25H,7-14,30H2,1-2H3,(H,31,32)/t15-,16-,17?,18+,19-,21+,23-,24+,25-,27?,28-/m0/s1. The molecule has 6 aliphatic rings. The summed E-state index contributed by atoms with van der Waals surface area (Å²) in [5, 5.41) is 9.54. The van der Waals surface area contributed by atoms with Crippen LogP contribution in [0.4, 0.5) is 0 Å². The van der Waals surface area contributed by atoms with Crippen molar-refractivity contribution in [1.82, 2.24) is 0 Å². The van der Waals surface area contributed by atoms with Crippen LogP contribution in [0.1, 0.15) is 70.3 Å². The van der Waals surface area contributed by atoms with Gasteiger partial charge in [-0.25, -0.2) is 0 Å². The Morgan fingerprint density at radius 2 is 2.00 bits per heavy atom. The Hall–Kier alpha value is -1.57. The highest BCUT2D eigenvalue weighted by Crippen LogP contribution is 2.69. The first-order valence-corrected chi connectivity index (χ1v) is 13.8. The molecule has 1 aromatic rings. The highest BCUT2D eigenvalue weighted by molar-refractivity contribution is 6.47. The molecule has 0 radical (unpaired) electrons. The smallest absolute Gasteiger partial charge is 0.475 e. The number of ether oxygens (including phenoxy) is 1. The summed E-state index contributed by atoms with van der Waals surface area (Å²) in [6.07, 6.45) is 7.53. The van der Waals surface area contributed by atoms with Gasteiger partial charge in [0.2, 0.25) is 0 Å². The summed E-state index contributed by atoms with van der Waals surface area (Å²) in [5.41, 5.74) is 7.94. The molecule has 4 aliphatic carbocycles. The van der Waals surface area contributed by atoms with E-state index in [2.05, 4.69) is 26.0 Å². The van der Waals surface area contributed by atoms with Gasteiger partial charge in [-0.3, -0.25) is 4.79 Å². The first-order valence-electron chi connectivity index (χ1n) is 13.8. The van der Waals surface area contributed by atoms with Gasteiger partial charge in [0.05, 0.1) is 24.2 Å². The van der Waals surface area contributed by atoms with Crippen molar-refractivity contribution < 1.29 is 23.9 Å². The number of carboxylic acid groups (broad SMARTS) is 1. The van der Waals surface area contributed by atoms with Crippen molar-refractivity contribution >= 4 is 13.1 Å². The predicted octanol–water partition coefficient (Wildman–Crippen LogP) is 4.26. The zero-order chi connectivity index (χ0) is 24.1. The zero-order valence-electron chi connectivity index (χ0n) is 20.9. The Labute approximate surface area is 208 Å². The van der Waals surface area contributed by atoms with Crippen LogP contribution < -0.4 is 10.5 Å². The van der Waals surface area contributed by atoms with Gasteiger partial charge in [-0.1, -0.05) is 25.1 Å². The van der Waals surface area contributed by atoms with Gasteiger partial charge in [-0.05, 0) is 92.9 Å². The van der Waals surface area contributed by atoms with Crippen LogP contribution >= 0.6 is 0 Å². The van der Waals surface area contributed by atoms with E-state index in [1.165, 1.54) is 18.4 Å². The van der Waals surface area contributed by atoms with Crippen LogP contribution in [-0.4, -0.2) is 42.4 Å². The molecule has 5 fully saturated rings. The number of para-hydroxylation sites is 1. The summed E-state index contributed by atoms with van der Waals surface area (Å²) in [5.74, 6) is 3.24. The van der Waals surface area contributed by atoms with E-state index in [1.807, 2.05) is 12.1 Å². The Bertz CT molecular complexity index is 1040. The third-order valence-corrected chi connectivity index (χ3v) is 11.5. The largest absolute Gasteiger partial charge is 0.493 e. The van der Waals surface area contributed by atoms with E-state index in [1.54, 1.807) is 0 Å². The van der Waals surface area contributed by atoms with Crippen molar-refractivity contribution in [1.29, 1.82) is 0 Å². The summed E-state index contributed by atoms with van der Waals surface area (Å²) in [4.78, 5) is 11.6. The van der Waals surface area contributed by atoms with Crippen LogP contribution in [0.5, 0.6) is 5.75 Å². The maximum Gasteiger partial charge on any atom is 0.475 e. The number of aliphatic carboxylic acids is 1. The monoisotopic (exact) mass is 479 g/mol. The number of carbonyl (C=O) groups is 1. The molecule has 3 N–H and O–H groups in total. The van der Waals surface area contributed by atoms with Crippen molar-refractivity contribution in [2.45, 2.75) is 82.4 Å². The second kappa shape index (κ2) is 7.72. The molecule has 0 spiro atoms. The summed E-state index contributed by atoms with van der Waals surface area (Å²) >= 11 is 0. The molecule has 11 atom stereocenters.